The summed E-state index contributed by atoms with van der Waals surface area (Å²) >= 11 is 0. The summed E-state index contributed by atoms with van der Waals surface area (Å²) in [6.07, 6.45) is 8.94. The van der Waals surface area contributed by atoms with Crippen molar-refractivity contribution in [2.24, 2.45) is 17.8 Å². The first kappa shape index (κ1) is 11.2. The van der Waals surface area contributed by atoms with Crippen molar-refractivity contribution in [3.63, 3.8) is 0 Å². The van der Waals surface area contributed by atoms with Crippen molar-refractivity contribution in [2.75, 3.05) is 0 Å². The number of hydrogen-bond donors (Lipinski definition) is 0. The van der Waals surface area contributed by atoms with Crippen molar-refractivity contribution in [3.8, 4) is 0 Å². The van der Waals surface area contributed by atoms with Crippen LogP contribution in [0.25, 0.3) is 0 Å². The Bertz CT molecular complexity index is 244. The van der Waals surface area contributed by atoms with Gasteiger partial charge in [0.15, 0.2) is 0 Å². The fourth-order valence-corrected chi connectivity index (χ4v) is 3.27. The molecule has 0 amide bonds. The third-order valence-corrected chi connectivity index (χ3v) is 4.33. The summed E-state index contributed by atoms with van der Waals surface area (Å²) in [5.41, 5.74) is 1.44. The molecule has 1 saturated carbocycles. The van der Waals surface area contributed by atoms with Crippen molar-refractivity contribution >= 4 is 0 Å². The van der Waals surface area contributed by atoms with Crippen LogP contribution in [-0.2, 0) is 0 Å². The van der Waals surface area contributed by atoms with Crippen LogP contribution < -0.4 is 0 Å². The Morgan fingerprint density at radius 2 is 1.87 bits per heavy atom. The molecule has 1 heteroatoms. The first-order valence-corrected chi connectivity index (χ1v) is 6.53. The van der Waals surface area contributed by atoms with Gasteiger partial charge < -0.3 is 0 Å². The minimum atomic E-state index is -0.585. The molecule has 4 atom stereocenters. The zero-order valence-corrected chi connectivity index (χ0v) is 10.0. The van der Waals surface area contributed by atoms with E-state index < -0.39 is 6.17 Å². The Morgan fingerprint density at radius 3 is 2.53 bits per heavy atom. The van der Waals surface area contributed by atoms with Crippen LogP contribution in [0.2, 0.25) is 0 Å². The second-order valence-corrected chi connectivity index (χ2v) is 5.53. The molecule has 0 N–H and O–H groups in total. The number of hydrogen-bond acceptors (Lipinski definition) is 0. The maximum absolute atomic E-state index is 14.2. The van der Waals surface area contributed by atoms with Gasteiger partial charge in [-0.05, 0) is 50.4 Å². The van der Waals surface area contributed by atoms with Gasteiger partial charge in [-0.25, -0.2) is 4.39 Å². The Balaban J connectivity index is 2.13. The predicted octanol–water partition coefficient (Wildman–Crippen LogP) is 4.51. The molecule has 0 bridgehead atoms. The zero-order chi connectivity index (χ0) is 10.8. The Labute approximate surface area is 92.9 Å². The molecule has 2 aliphatic rings. The standard InChI is InChI=1S/C14H23F/c1-10-8-9-11(2)14(15)13(10)12-6-4-3-5-7-12/h6,10-11,13-14H,3-5,7-9H2,1-2H3. The van der Waals surface area contributed by atoms with E-state index in [0.717, 1.165) is 12.8 Å². The van der Waals surface area contributed by atoms with Crippen molar-refractivity contribution in [3.05, 3.63) is 11.6 Å². The van der Waals surface area contributed by atoms with Gasteiger partial charge in [-0.3, -0.25) is 0 Å². The van der Waals surface area contributed by atoms with E-state index in [9.17, 15) is 4.39 Å². The van der Waals surface area contributed by atoms with Crippen LogP contribution in [0.1, 0.15) is 52.4 Å². The molecule has 0 saturated heterocycles. The summed E-state index contributed by atoms with van der Waals surface area (Å²) in [7, 11) is 0. The van der Waals surface area contributed by atoms with Crippen LogP contribution in [0.15, 0.2) is 11.6 Å². The maximum Gasteiger partial charge on any atom is 0.109 e. The highest BCUT2D eigenvalue weighted by Gasteiger charge is 2.37. The third-order valence-electron chi connectivity index (χ3n) is 4.33. The quantitative estimate of drug-likeness (QED) is 0.559. The lowest BCUT2D eigenvalue weighted by Gasteiger charge is -2.38. The molecule has 0 aromatic carbocycles. The van der Waals surface area contributed by atoms with Crippen LogP contribution in [0, 0.1) is 17.8 Å². The monoisotopic (exact) mass is 210 g/mol. The van der Waals surface area contributed by atoms with Crippen LogP contribution >= 0.6 is 0 Å². The van der Waals surface area contributed by atoms with Crippen molar-refractivity contribution < 1.29 is 4.39 Å². The fraction of sp³-hybridized carbons (Fsp3) is 0.857. The molecule has 15 heavy (non-hydrogen) atoms. The van der Waals surface area contributed by atoms with Crippen LogP contribution in [0.3, 0.4) is 0 Å². The molecule has 2 aliphatic carbocycles. The smallest absolute Gasteiger partial charge is 0.109 e. The molecule has 86 valence electrons. The van der Waals surface area contributed by atoms with Crippen LogP contribution in [0.5, 0.6) is 0 Å². The molecule has 2 rings (SSSR count). The zero-order valence-electron chi connectivity index (χ0n) is 10.0. The summed E-state index contributed by atoms with van der Waals surface area (Å²) < 4.78 is 14.2. The van der Waals surface area contributed by atoms with E-state index in [-0.39, 0.29) is 11.8 Å². The van der Waals surface area contributed by atoms with Gasteiger partial charge in [0.05, 0.1) is 0 Å². The Kier molecular flexibility index (Phi) is 3.48. The minimum Gasteiger partial charge on any atom is -0.247 e. The van der Waals surface area contributed by atoms with Gasteiger partial charge in [-0.1, -0.05) is 25.5 Å². The van der Waals surface area contributed by atoms with Crippen molar-refractivity contribution in [1.82, 2.24) is 0 Å². The molecule has 4 unspecified atom stereocenters. The Morgan fingerprint density at radius 1 is 1.13 bits per heavy atom. The van der Waals surface area contributed by atoms with E-state index >= 15 is 0 Å². The second-order valence-electron chi connectivity index (χ2n) is 5.53. The molecular formula is C14H23F. The average Bonchev–Trinajstić information content (AvgIpc) is 2.26. The van der Waals surface area contributed by atoms with E-state index in [4.69, 9.17) is 0 Å². The topological polar surface area (TPSA) is 0 Å². The SMILES string of the molecule is CC1CCC(C)C(C2=CCCCC2)C1F. The van der Waals surface area contributed by atoms with E-state index in [1.165, 1.54) is 31.3 Å². The lowest BCUT2D eigenvalue weighted by atomic mass is 9.69. The predicted molar refractivity (Wildman–Crippen MR) is 62.5 cm³/mol. The third kappa shape index (κ3) is 2.26. The van der Waals surface area contributed by atoms with E-state index in [2.05, 4.69) is 19.9 Å². The molecule has 0 aromatic rings. The van der Waals surface area contributed by atoms with Gasteiger partial charge >= 0.3 is 0 Å². The van der Waals surface area contributed by atoms with Crippen LogP contribution in [0.4, 0.5) is 4.39 Å². The molecule has 0 spiro atoms. The molecule has 0 aliphatic heterocycles. The van der Waals surface area contributed by atoms with Gasteiger partial charge in [0.2, 0.25) is 0 Å². The summed E-state index contributed by atoms with van der Waals surface area (Å²) in [4.78, 5) is 0. The molecule has 1 fully saturated rings. The van der Waals surface area contributed by atoms with Crippen molar-refractivity contribution in [2.45, 2.75) is 58.5 Å². The molecular weight excluding hydrogens is 187 g/mol. The van der Waals surface area contributed by atoms with Gasteiger partial charge in [0.1, 0.15) is 6.17 Å². The molecule has 0 heterocycles. The first-order chi connectivity index (χ1) is 7.20. The summed E-state index contributed by atoms with van der Waals surface area (Å²) in [5, 5.41) is 0. The average molecular weight is 210 g/mol. The number of rotatable bonds is 1. The lowest BCUT2D eigenvalue weighted by molar-refractivity contribution is 0.0858. The molecule has 0 radical (unpaired) electrons. The summed E-state index contributed by atoms with van der Waals surface area (Å²) in [6, 6.07) is 0. The van der Waals surface area contributed by atoms with Crippen molar-refractivity contribution in [1.29, 1.82) is 0 Å². The normalized spacial score (nSPS) is 42.5. The van der Waals surface area contributed by atoms with Gasteiger partial charge in [0, 0.05) is 5.92 Å². The van der Waals surface area contributed by atoms with Crippen LogP contribution in [-0.4, -0.2) is 6.17 Å². The van der Waals surface area contributed by atoms with Gasteiger partial charge in [-0.2, -0.15) is 0 Å². The highest BCUT2D eigenvalue weighted by Crippen LogP contribution is 2.42. The number of allylic oxidation sites excluding steroid dienone is 2. The summed E-state index contributed by atoms with van der Waals surface area (Å²) in [5.74, 6) is 1.07. The fourth-order valence-electron chi connectivity index (χ4n) is 3.27. The second kappa shape index (κ2) is 4.67. The van der Waals surface area contributed by atoms with E-state index in [0.29, 0.717) is 5.92 Å². The number of halogens is 1. The number of alkyl halides is 1. The Hall–Kier alpha value is -0.330. The van der Waals surface area contributed by atoms with E-state index in [1.807, 2.05) is 0 Å². The highest BCUT2D eigenvalue weighted by atomic mass is 19.1. The maximum atomic E-state index is 14.2. The van der Waals surface area contributed by atoms with E-state index in [1.54, 1.807) is 0 Å². The highest BCUT2D eigenvalue weighted by molar-refractivity contribution is 5.14. The minimum absolute atomic E-state index is 0.244. The molecule has 0 aromatic heterocycles. The molecule has 0 nitrogen and oxygen atoms in total. The summed E-state index contributed by atoms with van der Waals surface area (Å²) in [6.45, 7) is 4.31. The largest absolute Gasteiger partial charge is 0.247 e. The van der Waals surface area contributed by atoms with Gasteiger partial charge in [-0.15, -0.1) is 0 Å². The van der Waals surface area contributed by atoms with Gasteiger partial charge in [0.25, 0.3) is 0 Å². The lowest BCUT2D eigenvalue weighted by Crippen LogP contribution is -2.35. The first-order valence-electron chi connectivity index (χ1n) is 6.53.